The Kier molecular flexibility index (Phi) is 4.91. The predicted molar refractivity (Wildman–Crippen MR) is 96.9 cm³/mol. The van der Waals surface area contributed by atoms with Crippen LogP contribution in [-0.2, 0) is 19.3 Å². The number of thioether (sulfide) groups is 1. The third kappa shape index (κ3) is 3.18. The first kappa shape index (κ1) is 17.0. The molecule has 0 bridgehead atoms. The molecule has 0 saturated carbocycles. The summed E-state index contributed by atoms with van der Waals surface area (Å²) in [5.74, 6) is 1.35. The molecular formula is C15H19N5O2S2. The molecule has 3 aromatic rings. The van der Waals surface area contributed by atoms with Gasteiger partial charge in [0.2, 0.25) is 0 Å². The second-order valence-electron chi connectivity index (χ2n) is 5.57. The van der Waals surface area contributed by atoms with Crippen LogP contribution in [0, 0.1) is 6.92 Å². The smallest absolute Gasteiger partial charge is 0.325 e. The lowest BCUT2D eigenvalue weighted by Crippen LogP contribution is -2.31. The molecular weight excluding hydrogens is 346 g/mol. The Morgan fingerprint density at radius 2 is 2.12 bits per heavy atom. The fourth-order valence-electron chi connectivity index (χ4n) is 2.47. The molecule has 24 heavy (non-hydrogen) atoms. The second-order valence-corrected chi connectivity index (χ2v) is 7.65. The largest absolute Gasteiger partial charge is 0.330 e. The third-order valence-electron chi connectivity index (χ3n) is 3.76. The van der Waals surface area contributed by atoms with Crippen LogP contribution in [0.1, 0.15) is 31.3 Å². The number of imidazole rings is 1. The minimum Gasteiger partial charge on any atom is -0.325 e. The molecule has 0 aliphatic carbocycles. The third-order valence-corrected chi connectivity index (χ3v) is 5.90. The van der Waals surface area contributed by atoms with Gasteiger partial charge >= 0.3 is 5.69 Å². The van der Waals surface area contributed by atoms with Crippen molar-refractivity contribution in [1.82, 2.24) is 24.1 Å². The fraction of sp³-hybridized carbons (Fsp3) is 0.467. The molecule has 0 aliphatic rings. The van der Waals surface area contributed by atoms with Crippen molar-refractivity contribution in [1.29, 1.82) is 0 Å². The summed E-state index contributed by atoms with van der Waals surface area (Å²) in [7, 11) is 1.81. The zero-order valence-electron chi connectivity index (χ0n) is 13.8. The van der Waals surface area contributed by atoms with Gasteiger partial charge in [-0.15, -0.1) is 11.3 Å². The van der Waals surface area contributed by atoms with Gasteiger partial charge in [-0.3, -0.25) is 14.3 Å². The molecule has 3 aromatic heterocycles. The molecule has 0 aromatic carbocycles. The molecule has 128 valence electrons. The van der Waals surface area contributed by atoms with Gasteiger partial charge in [-0.1, -0.05) is 25.1 Å². The summed E-state index contributed by atoms with van der Waals surface area (Å²) in [6.07, 6.45) is 1.83. The molecule has 0 saturated heterocycles. The Morgan fingerprint density at radius 1 is 1.33 bits per heavy atom. The number of hydrogen-bond acceptors (Lipinski definition) is 6. The molecule has 0 radical (unpaired) electrons. The molecule has 3 heterocycles. The highest BCUT2D eigenvalue weighted by Gasteiger charge is 2.16. The van der Waals surface area contributed by atoms with Crippen LogP contribution in [0.15, 0.2) is 19.3 Å². The van der Waals surface area contributed by atoms with Crippen LogP contribution >= 0.6 is 23.1 Å². The van der Waals surface area contributed by atoms with E-state index in [1.54, 1.807) is 32.2 Å². The van der Waals surface area contributed by atoms with Gasteiger partial charge in [0.1, 0.15) is 5.82 Å². The quantitative estimate of drug-likeness (QED) is 0.677. The van der Waals surface area contributed by atoms with Crippen molar-refractivity contribution in [2.24, 2.45) is 7.05 Å². The molecule has 0 spiro atoms. The highest BCUT2D eigenvalue weighted by molar-refractivity contribution is 8.00. The van der Waals surface area contributed by atoms with Gasteiger partial charge in [0.25, 0.3) is 5.56 Å². The maximum Gasteiger partial charge on any atom is 0.330 e. The van der Waals surface area contributed by atoms with Crippen LogP contribution in [0.2, 0.25) is 0 Å². The Hall–Kier alpha value is -1.87. The summed E-state index contributed by atoms with van der Waals surface area (Å²) in [4.78, 5) is 35.7. The van der Waals surface area contributed by atoms with E-state index in [0.717, 1.165) is 28.7 Å². The summed E-state index contributed by atoms with van der Waals surface area (Å²) in [6, 6.07) is 0. The average Bonchev–Trinajstić information content (AvgIpc) is 3.09. The van der Waals surface area contributed by atoms with E-state index in [4.69, 9.17) is 0 Å². The SMILES string of the molecule is CCCCn1c(=O)[nH]c(=O)c2c1nc(CSc1nc(C)cs1)n2C. The van der Waals surface area contributed by atoms with E-state index in [1.807, 2.05) is 19.4 Å². The topological polar surface area (TPSA) is 85.6 Å². The van der Waals surface area contributed by atoms with Crippen molar-refractivity contribution in [3.8, 4) is 0 Å². The molecule has 0 amide bonds. The minimum absolute atomic E-state index is 0.390. The van der Waals surface area contributed by atoms with Crippen molar-refractivity contribution in [2.45, 2.75) is 43.3 Å². The molecule has 3 rings (SSSR count). The first-order chi connectivity index (χ1) is 11.5. The van der Waals surface area contributed by atoms with E-state index < -0.39 is 5.69 Å². The number of aromatic nitrogens is 5. The molecule has 0 aliphatic heterocycles. The fourth-order valence-corrected chi connectivity index (χ4v) is 4.30. The van der Waals surface area contributed by atoms with E-state index in [1.165, 1.54) is 0 Å². The molecule has 0 atom stereocenters. The number of thiazole rings is 1. The normalized spacial score (nSPS) is 11.5. The lowest BCUT2D eigenvalue weighted by molar-refractivity contribution is 0.613. The standard InChI is InChI=1S/C15H19N5O2S2/c1-4-5-6-20-12-11(13(21)18-14(20)22)19(3)10(17-12)8-24-15-16-9(2)7-23-15/h7H,4-6,8H2,1-3H3,(H,18,21,22). The van der Waals surface area contributed by atoms with E-state index in [-0.39, 0.29) is 5.56 Å². The Balaban J connectivity index is 2.00. The highest BCUT2D eigenvalue weighted by atomic mass is 32.2. The maximum atomic E-state index is 12.2. The van der Waals surface area contributed by atoms with Crippen LogP contribution in [-0.4, -0.2) is 24.1 Å². The summed E-state index contributed by atoms with van der Waals surface area (Å²) < 4.78 is 4.29. The van der Waals surface area contributed by atoms with Crippen molar-refractivity contribution in [2.75, 3.05) is 0 Å². The van der Waals surface area contributed by atoms with E-state index in [0.29, 0.717) is 23.5 Å². The second kappa shape index (κ2) is 6.94. The van der Waals surface area contributed by atoms with Crippen LogP contribution in [0.4, 0.5) is 0 Å². The van der Waals surface area contributed by atoms with Crippen molar-refractivity contribution >= 4 is 34.3 Å². The molecule has 7 nitrogen and oxygen atoms in total. The number of rotatable bonds is 6. The maximum absolute atomic E-state index is 12.2. The summed E-state index contributed by atoms with van der Waals surface area (Å²) in [6.45, 7) is 4.57. The van der Waals surface area contributed by atoms with Crippen molar-refractivity contribution in [3.63, 3.8) is 0 Å². The molecule has 9 heteroatoms. The zero-order valence-corrected chi connectivity index (χ0v) is 15.5. The number of unbranched alkanes of at least 4 members (excludes halogenated alkanes) is 1. The van der Waals surface area contributed by atoms with Crippen LogP contribution in [0.25, 0.3) is 11.2 Å². The number of fused-ring (bicyclic) bond motifs is 1. The Morgan fingerprint density at radius 3 is 2.79 bits per heavy atom. The number of aromatic amines is 1. The summed E-state index contributed by atoms with van der Waals surface area (Å²) in [5.41, 5.74) is 1.12. The molecule has 1 N–H and O–H groups in total. The number of H-pyrrole nitrogens is 1. The molecule has 0 fully saturated rings. The van der Waals surface area contributed by atoms with Gasteiger partial charge in [-0.2, -0.15) is 0 Å². The van der Waals surface area contributed by atoms with Crippen LogP contribution < -0.4 is 11.2 Å². The van der Waals surface area contributed by atoms with Gasteiger partial charge < -0.3 is 4.57 Å². The van der Waals surface area contributed by atoms with E-state index >= 15 is 0 Å². The van der Waals surface area contributed by atoms with Gasteiger partial charge in [-0.25, -0.2) is 14.8 Å². The van der Waals surface area contributed by atoms with Gasteiger partial charge in [-0.05, 0) is 13.3 Å². The first-order valence-electron chi connectivity index (χ1n) is 7.74. The lowest BCUT2D eigenvalue weighted by Gasteiger charge is -2.04. The van der Waals surface area contributed by atoms with Crippen molar-refractivity contribution < 1.29 is 0 Å². The lowest BCUT2D eigenvalue weighted by atomic mass is 10.3. The number of nitrogens with zero attached hydrogens (tertiary/aromatic N) is 4. The Bertz CT molecular complexity index is 982. The number of nitrogens with one attached hydrogen (secondary N) is 1. The van der Waals surface area contributed by atoms with Crippen molar-refractivity contribution in [3.05, 3.63) is 37.7 Å². The minimum atomic E-state index is -0.395. The van der Waals surface area contributed by atoms with E-state index in [9.17, 15) is 9.59 Å². The monoisotopic (exact) mass is 365 g/mol. The number of aryl methyl sites for hydroxylation is 3. The first-order valence-corrected chi connectivity index (χ1v) is 9.61. The van der Waals surface area contributed by atoms with E-state index in [2.05, 4.69) is 21.9 Å². The van der Waals surface area contributed by atoms with Gasteiger partial charge in [0.05, 0.1) is 5.75 Å². The molecule has 0 unspecified atom stereocenters. The van der Waals surface area contributed by atoms with Crippen LogP contribution in [0.3, 0.4) is 0 Å². The predicted octanol–water partition coefficient (Wildman–Crippen LogP) is 2.28. The number of hydrogen-bond donors (Lipinski definition) is 1. The van der Waals surface area contributed by atoms with Gasteiger partial charge in [0.15, 0.2) is 15.5 Å². The zero-order chi connectivity index (χ0) is 17.3. The Labute approximate surface area is 146 Å². The van der Waals surface area contributed by atoms with Crippen LogP contribution in [0.5, 0.6) is 0 Å². The summed E-state index contributed by atoms with van der Waals surface area (Å²) in [5, 5.41) is 2.00. The van der Waals surface area contributed by atoms with Gasteiger partial charge in [0, 0.05) is 24.7 Å². The summed E-state index contributed by atoms with van der Waals surface area (Å²) >= 11 is 3.18. The highest BCUT2D eigenvalue weighted by Crippen LogP contribution is 2.26. The average molecular weight is 365 g/mol.